The molecule has 0 saturated heterocycles. The van der Waals surface area contributed by atoms with Crippen molar-refractivity contribution in [2.45, 2.75) is 45.4 Å². The molecule has 0 heterocycles. The molecule has 0 fully saturated rings. The van der Waals surface area contributed by atoms with Crippen LogP contribution in [0, 0.1) is 0 Å². The molecule has 0 N–H and O–H groups in total. The maximum absolute atomic E-state index is 11.3. The van der Waals surface area contributed by atoms with Crippen molar-refractivity contribution in [1.29, 1.82) is 0 Å². The molecule has 0 aromatic heterocycles. The van der Waals surface area contributed by atoms with E-state index in [4.69, 9.17) is 0 Å². The topological polar surface area (TPSA) is 17.1 Å². The minimum atomic E-state index is 0.399. The molecule has 1 nitrogen and oxygen atoms in total. The Bertz CT molecular complexity index is 206. The zero-order valence-corrected chi connectivity index (χ0v) is 9.69. The maximum Gasteiger partial charge on any atom is 0.159 e. The Morgan fingerprint density at radius 1 is 1.33 bits per heavy atom. The number of hydrogen-bond acceptors (Lipinski definition) is 1. The van der Waals surface area contributed by atoms with E-state index in [9.17, 15) is 4.79 Å². The van der Waals surface area contributed by atoms with Gasteiger partial charge in [0.15, 0.2) is 5.78 Å². The van der Waals surface area contributed by atoms with E-state index >= 15 is 0 Å². The fourth-order valence-corrected chi connectivity index (χ4v) is 2.34. The minimum absolute atomic E-state index is 0.399. The summed E-state index contributed by atoms with van der Waals surface area (Å²) < 4.78 is 1.31. The third kappa shape index (κ3) is 2.57. The summed E-state index contributed by atoms with van der Waals surface area (Å²) >= 11 is 2.32. The second-order valence-electron chi connectivity index (χ2n) is 3.26. The predicted octanol–water partition coefficient (Wildman–Crippen LogP) is 3.62. The largest absolute Gasteiger partial charge is 0.295 e. The van der Waals surface area contributed by atoms with Gasteiger partial charge in [0.05, 0.1) is 0 Å². The van der Waals surface area contributed by atoms with Crippen molar-refractivity contribution < 1.29 is 4.79 Å². The average Bonchev–Trinajstić information content (AvgIpc) is 2.35. The molecule has 12 heavy (non-hydrogen) atoms. The van der Waals surface area contributed by atoms with Crippen molar-refractivity contribution in [1.82, 2.24) is 0 Å². The Kier molecular flexibility index (Phi) is 4.26. The standard InChI is InChI=1S/C10H15IO/c1-2-3-4-5-8-9(11)6-7-10(8)12/h2-7H2,1H3. The van der Waals surface area contributed by atoms with Crippen LogP contribution in [0.25, 0.3) is 0 Å². The molecule has 0 spiro atoms. The summed E-state index contributed by atoms with van der Waals surface area (Å²) in [5, 5.41) is 0. The Morgan fingerprint density at radius 2 is 2.08 bits per heavy atom. The molecule has 1 rings (SSSR count). The van der Waals surface area contributed by atoms with E-state index in [1.165, 1.54) is 22.8 Å². The predicted molar refractivity (Wildman–Crippen MR) is 59.4 cm³/mol. The molecule has 1 aliphatic rings. The van der Waals surface area contributed by atoms with Gasteiger partial charge in [-0.15, -0.1) is 0 Å². The highest BCUT2D eigenvalue weighted by molar-refractivity contribution is 14.1. The van der Waals surface area contributed by atoms with Gasteiger partial charge in [0.1, 0.15) is 0 Å². The molecule has 0 bridgehead atoms. The number of allylic oxidation sites excluding steroid dienone is 2. The third-order valence-corrected chi connectivity index (χ3v) is 3.46. The smallest absolute Gasteiger partial charge is 0.159 e. The maximum atomic E-state index is 11.3. The zero-order chi connectivity index (χ0) is 8.97. The first-order valence-corrected chi connectivity index (χ1v) is 5.74. The van der Waals surface area contributed by atoms with Crippen LogP contribution in [0.1, 0.15) is 45.4 Å². The Labute approximate surface area is 87.8 Å². The van der Waals surface area contributed by atoms with Crippen molar-refractivity contribution in [2.75, 3.05) is 0 Å². The van der Waals surface area contributed by atoms with Gasteiger partial charge in [0.25, 0.3) is 0 Å². The van der Waals surface area contributed by atoms with Gasteiger partial charge in [-0.05, 0) is 45.4 Å². The van der Waals surface area contributed by atoms with E-state index in [2.05, 4.69) is 29.5 Å². The lowest BCUT2D eigenvalue weighted by molar-refractivity contribution is -0.115. The normalized spacial score (nSPS) is 17.7. The highest BCUT2D eigenvalue weighted by Crippen LogP contribution is 2.31. The molecule has 0 atom stereocenters. The van der Waals surface area contributed by atoms with Crippen LogP contribution in [-0.4, -0.2) is 5.78 Å². The number of carbonyl (C=O) groups is 1. The molecule has 0 amide bonds. The van der Waals surface area contributed by atoms with Gasteiger partial charge < -0.3 is 0 Å². The SMILES string of the molecule is CCCCCC1=C(I)CCC1=O. The summed E-state index contributed by atoms with van der Waals surface area (Å²) in [5.41, 5.74) is 1.13. The molecule has 0 aliphatic heterocycles. The summed E-state index contributed by atoms with van der Waals surface area (Å²) in [6, 6.07) is 0. The van der Waals surface area contributed by atoms with Gasteiger partial charge in [-0.25, -0.2) is 0 Å². The lowest BCUT2D eigenvalue weighted by Gasteiger charge is -2.00. The summed E-state index contributed by atoms with van der Waals surface area (Å²) in [6.45, 7) is 2.19. The van der Waals surface area contributed by atoms with Gasteiger partial charge in [0.2, 0.25) is 0 Å². The minimum Gasteiger partial charge on any atom is -0.295 e. The first-order valence-electron chi connectivity index (χ1n) is 4.66. The van der Waals surface area contributed by atoms with E-state index in [0.717, 1.165) is 24.8 Å². The molecule has 1 aliphatic carbocycles. The molecular formula is C10H15IO. The third-order valence-electron chi connectivity index (χ3n) is 2.27. The van der Waals surface area contributed by atoms with Crippen molar-refractivity contribution in [3.63, 3.8) is 0 Å². The van der Waals surface area contributed by atoms with Gasteiger partial charge in [-0.3, -0.25) is 4.79 Å². The van der Waals surface area contributed by atoms with Crippen LogP contribution in [0.2, 0.25) is 0 Å². The van der Waals surface area contributed by atoms with E-state index in [1.54, 1.807) is 0 Å². The number of hydrogen-bond donors (Lipinski definition) is 0. The van der Waals surface area contributed by atoms with E-state index in [-0.39, 0.29) is 0 Å². The fourth-order valence-electron chi connectivity index (χ4n) is 1.50. The van der Waals surface area contributed by atoms with Crippen LogP contribution >= 0.6 is 22.6 Å². The van der Waals surface area contributed by atoms with Crippen molar-refractivity contribution in [3.8, 4) is 0 Å². The number of ketones is 1. The molecule has 0 aromatic rings. The first-order chi connectivity index (χ1) is 5.75. The van der Waals surface area contributed by atoms with Crippen molar-refractivity contribution in [3.05, 3.63) is 9.15 Å². The summed E-state index contributed by atoms with van der Waals surface area (Å²) in [6.07, 6.45) is 6.45. The second kappa shape index (κ2) is 5.00. The fraction of sp³-hybridized carbons (Fsp3) is 0.700. The summed E-state index contributed by atoms with van der Waals surface area (Å²) in [5.74, 6) is 0.399. The average molecular weight is 278 g/mol. The van der Waals surface area contributed by atoms with E-state index in [0.29, 0.717) is 5.78 Å². The molecule has 0 saturated carbocycles. The Balaban J connectivity index is 2.39. The molecule has 0 radical (unpaired) electrons. The van der Waals surface area contributed by atoms with Crippen molar-refractivity contribution >= 4 is 28.4 Å². The quantitative estimate of drug-likeness (QED) is 0.567. The molecule has 0 unspecified atom stereocenters. The van der Waals surface area contributed by atoms with E-state index in [1.807, 2.05) is 0 Å². The van der Waals surface area contributed by atoms with Gasteiger partial charge >= 0.3 is 0 Å². The second-order valence-corrected chi connectivity index (χ2v) is 4.57. The van der Waals surface area contributed by atoms with Gasteiger partial charge in [-0.2, -0.15) is 0 Å². The van der Waals surface area contributed by atoms with Crippen molar-refractivity contribution in [2.24, 2.45) is 0 Å². The number of halogens is 1. The monoisotopic (exact) mass is 278 g/mol. The number of unbranched alkanes of at least 4 members (excludes halogenated alkanes) is 2. The number of carbonyl (C=O) groups excluding carboxylic acids is 1. The number of Topliss-reactive ketones (excluding diaryl/α,β-unsaturated/α-hetero) is 1. The van der Waals surface area contributed by atoms with Crippen LogP contribution in [0.5, 0.6) is 0 Å². The Hall–Kier alpha value is 0.140. The molecule has 68 valence electrons. The highest BCUT2D eigenvalue weighted by Gasteiger charge is 2.19. The summed E-state index contributed by atoms with van der Waals surface area (Å²) in [4.78, 5) is 11.3. The zero-order valence-electron chi connectivity index (χ0n) is 7.53. The van der Waals surface area contributed by atoms with Gasteiger partial charge in [0, 0.05) is 12.0 Å². The molecular weight excluding hydrogens is 263 g/mol. The van der Waals surface area contributed by atoms with Crippen LogP contribution in [0.15, 0.2) is 9.15 Å². The summed E-state index contributed by atoms with van der Waals surface area (Å²) in [7, 11) is 0. The lowest BCUT2D eigenvalue weighted by Crippen LogP contribution is -1.95. The van der Waals surface area contributed by atoms with Crippen LogP contribution < -0.4 is 0 Å². The number of rotatable bonds is 4. The first kappa shape index (κ1) is 10.2. The van der Waals surface area contributed by atoms with Gasteiger partial charge in [-0.1, -0.05) is 19.8 Å². The van der Waals surface area contributed by atoms with Crippen LogP contribution in [-0.2, 0) is 4.79 Å². The lowest BCUT2D eigenvalue weighted by atomic mass is 10.1. The van der Waals surface area contributed by atoms with Crippen LogP contribution in [0.4, 0.5) is 0 Å². The van der Waals surface area contributed by atoms with E-state index < -0.39 is 0 Å². The van der Waals surface area contributed by atoms with Crippen LogP contribution in [0.3, 0.4) is 0 Å². The Morgan fingerprint density at radius 3 is 2.58 bits per heavy atom. The molecule has 0 aromatic carbocycles. The molecule has 2 heteroatoms. The highest BCUT2D eigenvalue weighted by atomic mass is 127.